The Bertz CT molecular complexity index is 1130. The van der Waals surface area contributed by atoms with Crippen LogP contribution in [-0.2, 0) is 11.3 Å². The van der Waals surface area contributed by atoms with E-state index in [1.54, 1.807) is 7.11 Å². The Balaban J connectivity index is 1.09. The normalized spacial score (nSPS) is 17.5. The van der Waals surface area contributed by atoms with Crippen molar-refractivity contribution in [2.45, 2.75) is 26.3 Å². The van der Waals surface area contributed by atoms with E-state index >= 15 is 0 Å². The van der Waals surface area contributed by atoms with E-state index in [0.29, 0.717) is 24.2 Å². The minimum absolute atomic E-state index is 0.101. The first-order chi connectivity index (χ1) is 17.1. The molecule has 0 aliphatic carbocycles. The van der Waals surface area contributed by atoms with Gasteiger partial charge < -0.3 is 19.1 Å². The van der Waals surface area contributed by atoms with Gasteiger partial charge in [0, 0.05) is 43.3 Å². The average Bonchev–Trinajstić information content (AvgIpc) is 3.37. The molecule has 184 valence electrons. The van der Waals surface area contributed by atoms with E-state index in [-0.39, 0.29) is 5.92 Å². The maximum absolute atomic E-state index is 13.2. The number of aryl methyl sites for hydroxylation is 1. The van der Waals surface area contributed by atoms with Crippen LogP contribution < -0.4 is 9.64 Å². The van der Waals surface area contributed by atoms with E-state index < -0.39 is 0 Å². The van der Waals surface area contributed by atoms with Crippen LogP contribution in [0.5, 0.6) is 5.75 Å². The van der Waals surface area contributed by atoms with Gasteiger partial charge in [0.05, 0.1) is 13.7 Å². The fourth-order valence-corrected chi connectivity index (χ4v) is 5.02. The van der Waals surface area contributed by atoms with Gasteiger partial charge in [0.25, 0.3) is 0 Å². The van der Waals surface area contributed by atoms with Gasteiger partial charge in [-0.1, -0.05) is 29.4 Å². The van der Waals surface area contributed by atoms with Crippen LogP contribution in [0.15, 0.2) is 53.1 Å². The Morgan fingerprint density at radius 3 is 2.40 bits per heavy atom. The topological polar surface area (TPSA) is 74.9 Å². The van der Waals surface area contributed by atoms with Crippen molar-refractivity contribution in [2.75, 3.05) is 51.3 Å². The van der Waals surface area contributed by atoms with Crippen LogP contribution in [0.25, 0.3) is 11.4 Å². The number of amides is 1. The predicted octanol–water partition coefficient (Wildman–Crippen LogP) is 3.61. The highest BCUT2D eigenvalue weighted by molar-refractivity contribution is 5.79. The number of carbonyl (C=O) groups excluding carboxylic acids is 1. The summed E-state index contributed by atoms with van der Waals surface area (Å²) in [6.07, 6.45) is 1.74. The van der Waals surface area contributed by atoms with E-state index in [2.05, 4.69) is 32.1 Å². The van der Waals surface area contributed by atoms with Gasteiger partial charge in [0.1, 0.15) is 5.75 Å². The third-order valence-corrected chi connectivity index (χ3v) is 7.18. The Kier molecular flexibility index (Phi) is 6.99. The quantitative estimate of drug-likeness (QED) is 0.539. The van der Waals surface area contributed by atoms with Crippen LogP contribution in [0, 0.1) is 12.8 Å². The molecule has 8 heteroatoms. The highest BCUT2D eigenvalue weighted by Crippen LogP contribution is 2.25. The van der Waals surface area contributed by atoms with Crippen LogP contribution in [0.4, 0.5) is 5.69 Å². The van der Waals surface area contributed by atoms with E-state index in [0.717, 1.165) is 69.0 Å². The number of likely N-dealkylation sites (tertiary alicyclic amines) is 1. The summed E-state index contributed by atoms with van der Waals surface area (Å²) in [7, 11) is 1.68. The number of aromatic nitrogens is 2. The first kappa shape index (κ1) is 23.4. The Hall–Kier alpha value is -3.39. The third-order valence-electron chi connectivity index (χ3n) is 7.18. The zero-order chi connectivity index (χ0) is 24.2. The zero-order valence-corrected chi connectivity index (χ0v) is 20.5. The second-order valence-electron chi connectivity index (χ2n) is 9.39. The van der Waals surface area contributed by atoms with Gasteiger partial charge in [-0.15, -0.1) is 0 Å². The number of methoxy groups -OCH3 is 1. The Morgan fingerprint density at radius 2 is 1.71 bits per heavy atom. The van der Waals surface area contributed by atoms with Crippen molar-refractivity contribution in [1.29, 1.82) is 0 Å². The number of carbonyl (C=O) groups is 1. The maximum atomic E-state index is 13.2. The minimum atomic E-state index is 0.101. The molecule has 2 aliphatic rings. The molecule has 2 saturated heterocycles. The molecule has 2 fully saturated rings. The number of rotatable bonds is 6. The molecule has 0 spiro atoms. The van der Waals surface area contributed by atoms with Crippen LogP contribution >= 0.6 is 0 Å². The van der Waals surface area contributed by atoms with Gasteiger partial charge in [0.15, 0.2) is 0 Å². The van der Waals surface area contributed by atoms with Crippen LogP contribution in [-0.4, -0.2) is 72.2 Å². The summed E-state index contributed by atoms with van der Waals surface area (Å²) < 4.78 is 10.8. The molecule has 0 radical (unpaired) electrons. The highest BCUT2D eigenvalue weighted by Gasteiger charge is 2.31. The lowest BCUT2D eigenvalue weighted by molar-refractivity contribution is -0.137. The molecule has 0 unspecified atom stereocenters. The van der Waals surface area contributed by atoms with Crippen molar-refractivity contribution in [3.8, 4) is 17.1 Å². The van der Waals surface area contributed by atoms with Gasteiger partial charge in [0.2, 0.25) is 17.6 Å². The SMILES string of the molecule is COc1ccc(N2CCN(C(=O)C3CCN(Cc4nc(-c5ccccc5C)no4)CC3)CC2)cc1. The summed E-state index contributed by atoms with van der Waals surface area (Å²) in [5.74, 6) is 2.53. The number of anilines is 1. The summed E-state index contributed by atoms with van der Waals surface area (Å²) in [6.45, 7) is 7.67. The minimum Gasteiger partial charge on any atom is -0.497 e. The molecule has 5 rings (SSSR count). The van der Waals surface area contributed by atoms with E-state index in [4.69, 9.17) is 9.26 Å². The van der Waals surface area contributed by atoms with Gasteiger partial charge in [-0.2, -0.15) is 4.98 Å². The lowest BCUT2D eigenvalue weighted by Crippen LogP contribution is -2.51. The Labute approximate surface area is 206 Å². The smallest absolute Gasteiger partial charge is 0.241 e. The van der Waals surface area contributed by atoms with Crippen molar-refractivity contribution in [3.63, 3.8) is 0 Å². The highest BCUT2D eigenvalue weighted by atomic mass is 16.5. The number of ether oxygens (including phenoxy) is 1. The van der Waals surface area contributed by atoms with Crippen molar-refractivity contribution >= 4 is 11.6 Å². The summed E-state index contributed by atoms with van der Waals surface area (Å²) in [5.41, 5.74) is 3.31. The first-order valence-corrected chi connectivity index (χ1v) is 12.4. The number of hydrogen-bond donors (Lipinski definition) is 0. The molecule has 3 heterocycles. The summed E-state index contributed by atoms with van der Waals surface area (Å²) in [5, 5.41) is 4.17. The van der Waals surface area contributed by atoms with Crippen LogP contribution in [0.3, 0.4) is 0 Å². The van der Waals surface area contributed by atoms with Crippen LogP contribution in [0.2, 0.25) is 0 Å². The molecule has 8 nitrogen and oxygen atoms in total. The molecule has 35 heavy (non-hydrogen) atoms. The average molecular weight is 476 g/mol. The molecular formula is C27H33N5O3. The van der Waals surface area contributed by atoms with Crippen molar-refractivity contribution < 1.29 is 14.1 Å². The van der Waals surface area contributed by atoms with Gasteiger partial charge >= 0.3 is 0 Å². The first-order valence-electron chi connectivity index (χ1n) is 12.4. The fraction of sp³-hybridized carbons (Fsp3) is 0.444. The van der Waals surface area contributed by atoms with E-state index in [9.17, 15) is 4.79 Å². The predicted molar refractivity (Wildman–Crippen MR) is 134 cm³/mol. The van der Waals surface area contributed by atoms with E-state index in [1.807, 2.05) is 48.2 Å². The van der Waals surface area contributed by atoms with Gasteiger partial charge in [-0.3, -0.25) is 9.69 Å². The summed E-state index contributed by atoms with van der Waals surface area (Å²) in [6, 6.07) is 16.2. The van der Waals surface area contributed by atoms with E-state index in [1.165, 1.54) is 5.69 Å². The molecule has 1 aromatic heterocycles. The number of hydrogen-bond acceptors (Lipinski definition) is 7. The number of piperidine rings is 1. The van der Waals surface area contributed by atoms with Gasteiger partial charge in [-0.05, 0) is 62.7 Å². The summed E-state index contributed by atoms with van der Waals surface area (Å²) in [4.78, 5) is 24.5. The van der Waals surface area contributed by atoms with Crippen molar-refractivity contribution in [1.82, 2.24) is 19.9 Å². The molecular weight excluding hydrogens is 442 g/mol. The van der Waals surface area contributed by atoms with Crippen molar-refractivity contribution in [3.05, 3.63) is 60.0 Å². The number of piperazine rings is 1. The lowest BCUT2D eigenvalue weighted by atomic mass is 9.95. The molecule has 2 aromatic carbocycles. The molecule has 0 N–H and O–H groups in total. The molecule has 3 aromatic rings. The second kappa shape index (κ2) is 10.5. The monoisotopic (exact) mass is 475 g/mol. The maximum Gasteiger partial charge on any atom is 0.241 e. The standard InChI is InChI=1S/C27H33N5O3/c1-20-5-3-4-6-24(20)26-28-25(35-29-26)19-30-13-11-21(12-14-30)27(33)32-17-15-31(16-18-32)22-7-9-23(34-2)10-8-22/h3-10,21H,11-19H2,1-2H3. The summed E-state index contributed by atoms with van der Waals surface area (Å²) >= 11 is 0. The fourth-order valence-electron chi connectivity index (χ4n) is 5.02. The van der Waals surface area contributed by atoms with Gasteiger partial charge in [-0.25, -0.2) is 0 Å². The molecule has 0 atom stereocenters. The second-order valence-corrected chi connectivity index (χ2v) is 9.39. The molecule has 1 amide bonds. The van der Waals surface area contributed by atoms with Crippen LogP contribution in [0.1, 0.15) is 24.3 Å². The molecule has 0 bridgehead atoms. The molecule has 2 aliphatic heterocycles. The number of benzene rings is 2. The lowest BCUT2D eigenvalue weighted by Gasteiger charge is -2.39. The van der Waals surface area contributed by atoms with Crippen molar-refractivity contribution in [2.24, 2.45) is 5.92 Å². The number of nitrogens with zero attached hydrogens (tertiary/aromatic N) is 5. The zero-order valence-electron chi connectivity index (χ0n) is 20.5. The Morgan fingerprint density at radius 1 is 1.00 bits per heavy atom. The molecule has 0 saturated carbocycles. The third kappa shape index (κ3) is 5.32. The largest absolute Gasteiger partial charge is 0.497 e.